The predicted molar refractivity (Wildman–Crippen MR) is 91.4 cm³/mol. The number of anilines is 1. The first-order valence-corrected chi connectivity index (χ1v) is 7.43. The lowest BCUT2D eigenvalue weighted by Crippen LogP contribution is -2.00. The molecule has 0 aliphatic heterocycles. The fourth-order valence-electron chi connectivity index (χ4n) is 2.50. The smallest absolute Gasteiger partial charge is 0.142 e. The summed E-state index contributed by atoms with van der Waals surface area (Å²) in [4.78, 5) is 8.38. The number of hydrogen-bond acceptors (Lipinski definition) is 4. The van der Waals surface area contributed by atoms with Crippen molar-refractivity contribution in [2.75, 3.05) is 5.73 Å². The summed E-state index contributed by atoms with van der Waals surface area (Å²) in [5.74, 6) is 0.247. The molecule has 0 saturated carbocycles. The number of pyridine rings is 2. The van der Waals surface area contributed by atoms with Crippen molar-refractivity contribution in [3.8, 4) is 28.5 Å². The standard InChI is InChI=1S/C19H16N4/c1-2-13-3-5-14(6-4-13)16-11-18(15-7-9-22-10-8-15)23-19(21)17(16)12-20/h3-11H,2H2,1H3,(H2,21,23). The quantitative estimate of drug-likeness (QED) is 0.797. The first kappa shape index (κ1) is 14.7. The minimum absolute atomic E-state index is 0.247. The summed E-state index contributed by atoms with van der Waals surface area (Å²) in [7, 11) is 0. The van der Waals surface area contributed by atoms with E-state index in [0.717, 1.165) is 28.8 Å². The van der Waals surface area contributed by atoms with E-state index in [1.807, 2.05) is 30.3 Å². The second-order valence-corrected chi connectivity index (χ2v) is 5.21. The molecule has 0 aliphatic carbocycles. The van der Waals surface area contributed by atoms with Crippen molar-refractivity contribution in [2.24, 2.45) is 0 Å². The molecule has 2 heterocycles. The lowest BCUT2D eigenvalue weighted by molar-refractivity contribution is 1.14. The zero-order valence-corrected chi connectivity index (χ0v) is 12.8. The van der Waals surface area contributed by atoms with Crippen molar-refractivity contribution < 1.29 is 0 Å². The summed E-state index contributed by atoms with van der Waals surface area (Å²) in [6.07, 6.45) is 4.40. The molecule has 0 bridgehead atoms. The predicted octanol–water partition coefficient (Wildman–Crippen LogP) is 3.83. The van der Waals surface area contributed by atoms with Gasteiger partial charge >= 0.3 is 0 Å². The molecule has 0 aliphatic rings. The van der Waals surface area contributed by atoms with E-state index in [0.29, 0.717) is 5.56 Å². The minimum atomic E-state index is 0.247. The van der Waals surface area contributed by atoms with E-state index in [4.69, 9.17) is 5.73 Å². The van der Waals surface area contributed by atoms with Crippen molar-refractivity contribution in [3.05, 3.63) is 66.0 Å². The molecular weight excluding hydrogens is 284 g/mol. The molecule has 0 saturated heterocycles. The highest BCUT2D eigenvalue weighted by molar-refractivity contribution is 5.80. The molecule has 3 rings (SSSR count). The second-order valence-electron chi connectivity index (χ2n) is 5.21. The van der Waals surface area contributed by atoms with E-state index in [2.05, 4.69) is 35.1 Å². The first-order valence-electron chi connectivity index (χ1n) is 7.43. The Balaban J connectivity index is 2.18. The van der Waals surface area contributed by atoms with Crippen LogP contribution in [0.15, 0.2) is 54.9 Å². The maximum Gasteiger partial charge on any atom is 0.142 e. The van der Waals surface area contributed by atoms with Crippen molar-refractivity contribution in [3.63, 3.8) is 0 Å². The van der Waals surface area contributed by atoms with Gasteiger partial charge in [-0.3, -0.25) is 4.98 Å². The molecule has 4 nitrogen and oxygen atoms in total. The van der Waals surface area contributed by atoms with Crippen LogP contribution in [-0.4, -0.2) is 9.97 Å². The number of nitrogen functional groups attached to an aromatic ring is 1. The lowest BCUT2D eigenvalue weighted by atomic mass is 9.97. The van der Waals surface area contributed by atoms with Crippen LogP contribution < -0.4 is 5.73 Å². The van der Waals surface area contributed by atoms with Crippen LogP contribution in [-0.2, 0) is 6.42 Å². The van der Waals surface area contributed by atoms with E-state index < -0.39 is 0 Å². The van der Waals surface area contributed by atoms with Crippen LogP contribution in [0.4, 0.5) is 5.82 Å². The number of rotatable bonds is 3. The zero-order chi connectivity index (χ0) is 16.2. The van der Waals surface area contributed by atoms with Crippen LogP contribution >= 0.6 is 0 Å². The van der Waals surface area contributed by atoms with Crippen molar-refractivity contribution in [1.29, 1.82) is 5.26 Å². The van der Waals surface area contributed by atoms with Crippen molar-refractivity contribution in [2.45, 2.75) is 13.3 Å². The monoisotopic (exact) mass is 300 g/mol. The number of aryl methyl sites for hydroxylation is 1. The molecule has 3 aromatic rings. The van der Waals surface area contributed by atoms with Gasteiger partial charge in [-0.2, -0.15) is 5.26 Å². The van der Waals surface area contributed by atoms with Gasteiger partial charge in [-0.1, -0.05) is 31.2 Å². The Morgan fingerprint density at radius 2 is 1.74 bits per heavy atom. The normalized spacial score (nSPS) is 10.3. The van der Waals surface area contributed by atoms with Crippen LogP contribution in [0.5, 0.6) is 0 Å². The summed E-state index contributed by atoms with van der Waals surface area (Å²) in [5.41, 5.74) is 11.1. The highest BCUT2D eigenvalue weighted by Gasteiger charge is 2.13. The second kappa shape index (κ2) is 6.29. The number of nitrogens with zero attached hydrogens (tertiary/aromatic N) is 3. The lowest BCUT2D eigenvalue weighted by Gasteiger charge is -2.10. The highest BCUT2D eigenvalue weighted by atomic mass is 14.8. The summed E-state index contributed by atoms with van der Waals surface area (Å²) in [6, 6.07) is 16.0. The highest BCUT2D eigenvalue weighted by Crippen LogP contribution is 2.31. The molecule has 1 aromatic carbocycles. The SMILES string of the molecule is CCc1ccc(-c2cc(-c3ccncc3)nc(N)c2C#N)cc1. The average Bonchev–Trinajstić information content (AvgIpc) is 2.62. The molecule has 0 amide bonds. The fraction of sp³-hybridized carbons (Fsp3) is 0.105. The number of nitrogens with two attached hydrogens (primary N) is 1. The maximum atomic E-state index is 9.44. The van der Waals surface area contributed by atoms with Crippen LogP contribution in [0.2, 0.25) is 0 Å². The Kier molecular flexibility index (Phi) is 4.03. The number of nitriles is 1. The average molecular weight is 300 g/mol. The molecule has 0 fully saturated rings. The van der Waals surface area contributed by atoms with Gasteiger partial charge in [0, 0.05) is 23.5 Å². The number of aromatic nitrogens is 2. The minimum Gasteiger partial charge on any atom is -0.383 e. The molecule has 4 heteroatoms. The van der Waals surface area contributed by atoms with E-state index in [1.54, 1.807) is 12.4 Å². The first-order chi connectivity index (χ1) is 11.2. The van der Waals surface area contributed by atoms with E-state index in [9.17, 15) is 5.26 Å². The van der Waals surface area contributed by atoms with E-state index in [-0.39, 0.29) is 5.82 Å². The number of hydrogen-bond donors (Lipinski definition) is 1. The Hall–Kier alpha value is -3.19. The molecule has 2 N–H and O–H groups in total. The summed E-state index contributed by atoms with van der Waals surface area (Å²) in [5, 5.41) is 9.44. The van der Waals surface area contributed by atoms with Crippen LogP contribution in [0, 0.1) is 11.3 Å². The Labute approximate surface area is 135 Å². The molecule has 0 atom stereocenters. The van der Waals surface area contributed by atoms with E-state index in [1.165, 1.54) is 5.56 Å². The molecule has 0 radical (unpaired) electrons. The zero-order valence-electron chi connectivity index (χ0n) is 12.8. The van der Waals surface area contributed by atoms with Gasteiger partial charge in [-0.15, -0.1) is 0 Å². The van der Waals surface area contributed by atoms with Crippen molar-refractivity contribution in [1.82, 2.24) is 9.97 Å². The Morgan fingerprint density at radius 3 is 2.35 bits per heavy atom. The van der Waals surface area contributed by atoms with Crippen LogP contribution in [0.25, 0.3) is 22.4 Å². The largest absolute Gasteiger partial charge is 0.383 e. The van der Waals surface area contributed by atoms with Gasteiger partial charge in [0.2, 0.25) is 0 Å². The summed E-state index contributed by atoms with van der Waals surface area (Å²) < 4.78 is 0. The summed E-state index contributed by atoms with van der Waals surface area (Å²) >= 11 is 0. The van der Waals surface area contributed by atoms with Gasteiger partial charge in [-0.05, 0) is 35.7 Å². The van der Waals surface area contributed by atoms with Crippen LogP contribution in [0.1, 0.15) is 18.1 Å². The molecular formula is C19H16N4. The van der Waals surface area contributed by atoms with Gasteiger partial charge in [0.25, 0.3) is 0 Å². The molecule has 0 spiro atoms. The van der Waals surface area contributed by atoms with Gasteiger partial charge in [-0.25, -0.2) is 4.98 Å². The topological polar surface area (TPSA) is 75.6 Å². The van der Waals surface area contributed by atoms with E-state index >= 15 is 0 Å². The van der Waals surface area contributed by atoms with Gasteiger partial charge in [0.05, 0.1) is 5.69 Å². The Morgan fingerprint density at radius 1 is 1.04 bits per heavy atom. The number of benzene rings is 1. The molecule has 2 aromatic heterocycles. The summed E-state index contributed by atoms with van der Waals surface area (Å²) in [6.45, 7) is 2.11. The fourth-order valence-corrected chi connectivity index (χ4v) is 2.50. The Bertz CT molecular complexity index is 862. The van der Waals surface area contributed by atoms with Gasteiger partial charge in [0.15, 0.2) is 0 Å². The van der Waals surface area contributed by atoms with Gasteiger partial charge < -0.3 is 5.73 Å². The van der Waals surface area contributed by atoms with Crippen molar-refractivity contribution >= 4 is 5.82 Å². The third-order valence-corrected chi connectivity index (χ3v) is 3.81. The third kappa shape index (κ3) is 2.90. The molecule has 0 unspecified atom stereocenters. The third-order valence-electron chi connectivity index (χ3n) is 3.81. The van der Waals surface area contributed by atoms with Crippen LogP contribution in [0.3, 0.4) is 0 Å². The molecule has 112 valence electrons. The van der Waals surface area contributed by atoms with Gasteiger partial charge in [0.1, 0.15) is 17.5 Å². The molecule has 23 heavy (non-hydrogen) atoms. The maximum absolute atomic E-state index is 9.44.